The molecule has 0 unspecified atom stereocenters. The van der Waals surface area contributed by atoms with Crippen molar-refractivity contribution in [2.75, 3.05) is 0 Å². The van der Waals surface area contributed by atoms with Crippen LogP contribution in [0.2, 0.25) is 0 Å². The quantitative estimate of drug-likeness (QED) is 0.388. The molecule has 0 aliphatic carbocycles. The van der Waals surface area contributed by atoms with Crippen molar-refractivity contribution >= 4 is 11.4 Å². The third-order valence-corrected chi connectivity index (χ3v) is 3.88. The van der Waals surface area contributed by atoms with Gasteiger partial charge in [0.2, 0.25) is 0 Å². The number of rotatable bonds is 5. The van der Waals surface area contributed by atoms with Crippen LogP contribution in [0.15, 0.2) is 53.0 Å². The minimum absolute atomic E-state index is 0.0719. The Labute approximate surface area is 149 Å². The predicted molar refractivity (Wildman–Crippen MR) is 103 cm³/mol. The number of Topliss-reactive ketones (excluding diaryl/α,β-unsaturated/α-hetero) is 1. The molecular formula is C22H24FNO. The van der Waals surface area contributed by atoms with E-state index in [0.29, 0.717) is 22.4 Å². The smallest absolute Gasteiger partial charge is 0.178 e. The molecule has 0 saturated carbocycles. The average molecular weight is 337 g/mol. The summed E-state index contributed by atoms with van der Waals surface area (Å²) in [4.78, 5) is 15.7. The van der Waals surface area contributed by atoms with Gasteiger partial charge in [0, 0.05) is 24.3 Å². The van der Waals surface area contributed by atoms with Crippen LogP contribution in [0.4, 0.5) is 4.39 Å². The Balaban J connectivity index is 3.37. The molecule has 1 heterocycles. The van der Waals surface area contributed by atoms with E-state index in [9.17, 15) is 9.18 Å². The standard InChI is InChI=1S/C22H24FNO/c1-8-10-14(3)21(23)17(6)19(9-2)11-15(4)20-12-16(5)22(18(7)25)24-13-20/h2,8,10-13H,1,3-7H3/b10-8-,15-11+,19-17+,21-14+. The summed E-state index contributed by atoms with van der Waals surface area (Å²) in [6.45, 7) is 10.4. The van der Waals surface area contributed by atoms with Crippen LogP contribution in [0.5, 0.6) is 0 Å². The van der Waals surface area contributed by atoms with Crippen LogP contribution in [0.3, 0.4) is 0 Å². The van der Waals surface area contributed by atoms with Gasteiger partial charge >= 0.3 is 0 Å². The Kier molecular flexibility index (Phi) is 7.26. The summed E-state index contributed by atoms with van der Waals surface area (Å²) in [5, 5.41) is 0. The number of halogens is 1. The fourth-order valence-corrected chi connectivity index (χ4v) is 2.45. The third kappa shape index (κ3) is 5.12. The summed E-state index contributed by atoms with van der Waals surface area (Å²) in [7, 11) is 0. The van der Waals surface area contributed by atoms with Crippen molar-refractivity contribution in [3.63, 3.8) is 0 Å². The van der Waals surface area contributed by atoms with Gasteiger partial charge < -0.3 is 0 Å². The summed E-state index contributed by atoms with van der Waals surface area (Å²) in [6.07, 6.45) is 12.5. The summed E-state index contributed by atoms with van der Waals surface area (Å²) in [6, 6.07) is 1.89. The van der Waals surface area contributed by atoms with Gasteiger partial charge in [-0.1, -0.05) is 18.1 Å². The lowest BCUT2D eigenvalue weighted by Crippen LogP contribution is -2.01. The first kappa shape index (κ1) is 20.3. The fourth-order valence-electron chi connectivity index (χ4n) is 2.45. The van der Waals surface area contributed by atoms with Crippen LogP contribution in [-0.4, -0.2) is 10.8 Å². The molecular weight excluding hydrogens is 313 g/mol. The van der Waals surface area contributed by atoms with E-state index >= 15 is 0 Å². The van der Waals surface area contributed by atoms with Crippen molar-refractivity contribution in [1.29, 1.82) is 0 Å². The SMILES string of the molecule is C#CC(/C=C(\C)c1cnc(C(C)=O)c(C)c1)=C(C)\C(F)=C(C)/C=C\C. The molecule has 0 bridgehead atoms. The maximum Gasteiger partial charge on any atom is 0.178 e. The Bertz CT molecular complexity index is 845. The zero-order valence-electron chi connectivity index (χ0n) is 15.7. The summed E-state index contributed by atoms with van der Waals surface area (Å²) >= 11 is 0. The van der Waals surface area contributed by atoms with Crippen LogP contribution >= 0.6 is 0 Å². The number of carbonyl (C=O) groups is 1. The molecule has 3 heteroatoms. The molecule has 0 amide bonds. The molecule has 0 fully saturated rings. The average Bonchev–Trinajstić information content (AvgIpc) is 2.57. The number of hydrogen-bond acceptors (Lipinski definition) is 2. The van der Waals surface area contributed by atoms with E-state index in [-0.39, 0.29) is 11.6 Å². The van der Waals surface area contributed by atoms with E-state index in [1.54, 1.807) is 38.3 Å². The number of allylic oxidation sites excluding steroid dienone is 8. The first-order valence-electron chi connectivity index (χ1n) is 8.06. The fraction of sp³-hybridized carbons (Fsp3) is 0.273. The molecule has 0 atom stereocenters. The van der Waals surface area contributed by atoms with Gasteiger partial charge in [0.05, 0.1) is 0 Å². The molecule has 0 saturated heterocycles. The number of terminal acetylenes is 1. The van der Waals surface area contributed by atoms with Crippen molar-refractivity contribution in [3.8, 4) is 12.3 Å². The zero-order chi connectivity index (χ0) is 19.1. The van der Waals surface area contributed by atoms with Crippen LogP contribution in [0.25, 0.3) is 5.57 Å². The number of aromatic nitrogens is 1. The summed E-state index contributed by atoms with van der Waals surface area (Å²) < 4.78 is 14.5. The number of hydrogen-bond donors (Lipinski definition) is 0. The Morgan fingerprint density at radius 3 is 2.40 bits per heavy atom. The van der Waals surface area contributed by atoms with Crippen molar-refractivity contribution in [2.45, 2.75) is 41.5 Å². The van der Waals surface area contributed by atoms with Gasteiger partial charge in [0.1, 0.15) is 11.5 Å². The van der Waals surface area contributed by atoms with Crippen molar-refractivity contribution < 1.29 is 9.18 Å². The molecule has 1 rings (SSSR count). The lowest BCUT2D eigenvalue weighted by Gasteiger charge is -2.08. The minimum atomic E-state index is -0.323. The first-order valence-corrected chi connectivity index (χ1v) is 8.06. The minimum Gasteiger partial charge on any atom is -0.293 e. The lowest BCUT2D eigenvalue weighted by atomic mass is 9.99. The molecule has 1 aromatic rings. The molecule has 25 heavy (non-hydrogen) atoms. The predicted octanol–water partition coefficient (Wildman–Crippen LogP) is 5.77. The molecule has 1 aromatic heterocycles. The number of pyridine rings is 1. The number of carbonyl (C=O) groups excluding carboxylic acids is 1. The Morgan fingerprint density at radius 2 is 1.92 bits per heavy atom. The monoisotopic (exact) mass is 337 g/mol. The van der Waals surface area contributed by atoms with Crippen LogP contribution in [-0.2, 0) is 0 Å². The van der Waals surface area contributed by atoms with Crippen molar-refractivity contribution in [2.24, 2.45) is 0 Å². The Morgan fingerprint density at radius 1 is 1.28 bits per heavy atom. The van der Waals surface area contributed by atoms with Gasteiger partial charge in [-0.15, -0.1) is 6.42 Å². The normalized spacial score (nSPS) is 14.1. The second kappa shape index (κ2) is 8.94. The number of nitrogens with zero attached hydrogens (tertiary/aromatic N) is 1. The maximum absolute atomic E-state index is 14.5. The second-order valence-electron chi connectivity index (χ2n) is 5.95. The van der Waals surface area contributed by atoms with E-state index in [0.717, 1.165) is 16.7 Å². The third-order valence-electron chi connectivity index (χ3n) is 3.88. The van der Waals surface area contributed by atoms with E-state index in [4.69, 9.17) is 6.42 Å². The topological polar surface area (TPSA) is 30.0 Å². The van der Waals surface area contributed by atoms with Gasteiger partial charge in [-0.25, -0.2) is 4.39 Å². The highest BCUT2D eigenvalue weighted by molar-refractivity contribution is 5.93. The van der Waals surface area contributed by atoms with Gasteiger partial charge in [0.25, 0.3) is 0 Å². The second-order valence-corrected chi connectivity index (χ2v) is 5.95. The van der Waals surface area contributed by atoms with Gasteiger partial charge in [-0.2, -0.15) is 0 Å². The largest absolute Gasteiger partial charge is 0.293 e. The number of ketones is 1. The molecule has 0 aromatic carbocycles. The van der Waals surface area contributed by atoms with Crippen molar-refractivity contribution in [3.05, 3.63) is 69.9 Å². The molecule has 2 nitrogen and oxygen atoms in total. The van der Waals surface area contributed by atoms with E-state index in [2.05, 4.69) is 10.9 Å². The van der Waals surface area contributed by atoms with Gasteiger partial charge in [0.15, 0.2) is 5.78 Å². The highest BCUT2D eigenvalue weighted by Gasteiger charge is 2.09. The maximum atomic E-state index is 14.5. The van der Waals surface area contributed by atoms with E-state index < -0.39 is 0 Å². The molecule has 0 radical (unpaired) electrons. The highest BCUT2D eigenvalue weighted by Crippen LogP contribution is 2.24. The van der Waals surface area contributed by atoms with E-state index in [1.807, 2.05) is 26.8 Å². The molecule has 0 N–H and O–H groups in total. The summed E-state index contributed by atoms with van der Waals surface area (Å²) in [5.74, 6) is 2.16. The van der Waals surface area contributed by atoms with Gasteiger partial charge in [-0.05, 0) is 69.0 Å². The highest BCUT2D eigenvalue weighted by atomic mass is 19.1. The molecule has 130 valence electrons. The van der Waals surface area contributed by atoms with Gasteiger partial charge in [-0.3, -0.25) is 9.78 Å². The van der Waals surface area contributed by atoms with Crippen LogP contribution in [0.1, 0.15) is 56.2 Å². The number of aryl methyl sites for hydroxylation is 1. The molecule has 0 aliphatic rings. The molecule has 0 spiro atoms. The van der Waals surface area contributed by atoms with Crippen LogP contribution in [0, 0.1) is 19.3 Å². The first-order chi connectivity index (χ1) is 11.7. The zero-order valence-corrected chi connectivity index (χ0v) is 15.7. The Hall–Kier alpha value is -2.73. The lowest BCUT2D eigenvalue weighted by molar-refractivity contribution is 0.101. The van der Waals surface area contributed by atoms with Crippen molar-refractivity contribution in [1.82, 2.24) is 4.98 Å². The van der Waals surface area contributed by atoms with E-state index in [1.165, 1.54) is 6.92 Å². The summed E-state index contributed by atoms with van der Waals surface area (Å²) in [5.41, 5.74) is 4.39. The molecule has 0 aliphatic heterocycles. The van der Waals surface area contributed by atoms with Crippen LogP contribution < -0.4 is 0 Å².